The van der Waals surface area contributed by atoms with Crippen LogP contribution in [0.15, 0.2) is 45.3 Å². The monoisotopic (exact) mass is 503 g/mol. The lowest BCUT2D eigenvalue weighted by atomic mass is 10.1. The lowest BCUT2D eigenvalue weighted by Gasteiger charge is -2.01. The summed E-state index contributed by atoms with van der Waals surface area (Å²) in [5, 5.41) is 31.9. The molecule has 12 heteroatoms. The highest BCUT2D eigenvalue weighted by Gasteiger charge is 2.19. The van der Waals surface area contributed by atoms with Crippen molar-refractivity contribution in [1.29, 1.82) is 0 Å². The van der Waals surface area contributed by atoms with Gasteiger partial charge in [-0.1, -0.05) is 31.9 Å². The standard InChI is InChI=1S/C8H7BrN2O3.C7H4BrNO4/c1-10-8(12)6-4-5(9)2-3-7(6)11(13)14;8-4-1-2-6(9(12)13)5(3-4)7(10)11/h2-4H,1H3,(H,10,12);1-3H,(H,10,11). The van der Waals surface area contributed by atoms with E-state index in [2.05, 4.69) is 37.2 Å². The molecular formula is C15H11Br2N3O7. The van der Waals surface area contributed by atoms with Gasteiger partial charge >= 0.3 is 5.97 Å². The Morgan fingerprint density at radius 2 is 1.33 bits per heavy atom. The summed E-state index contributed by atoms with van der Waals surface area (Å²) in [5.74, 6) is -1.79. The Morgan fingerprint density at radius 1 is 0.926 bits per heavy atom. The van der Waals surface area contributed by atoms with Crippen LogP contribution in [-0.4, -0.2) is 33.9 Å². The predicted octanol–water partition coefficient (Wildman–Crippen LogP) is 3.77. The topological polar surface area (TPSA) is 153 Å². The highest BCUT2D eigenvalue weighted by Crippen LogP contribution is 2.23. The maximum Gasteiger partial charge on any atom is 0.342 e. The molecule has 0 heterocycles. The van der Waals surface area contributed by atoms with Crippen molar-refractivity contribution >= 4 is 55.1 Å². The van der Waals surface area contributed by atoms with Crippen molar-refractivity contribution < 1.29 is 24.5 Å². The van der Waals surface area contributed by atoms with E-state index in [0.29, 0.717) is 8.95 Å². The van der Waals surface area contributed by atoms with Crippen molar-refractivity contribution in [3.8, 4) is 0 Å². The molecule has 0 aliphatic heterocycles. The summed E-state index contributed by atoms with van der Waals surface area (Å²) >= 11 is 6.17. The van der Waals surface area contributed by atoms with Crippen molar-refractivity contribution in [2.45, 2.75) is 0 Å². The largest absolute Gasteiger partial charge is 0.477 e. The van der Waals surface area contributed by atoms with Crippen LogP contribution < -0.4 is 5.32 Å². The van der Waals surface area contributed by atoms with Gasteiger partial charge in [0.1, 0.15) is 11.1 Å². The average Bonchev–Trinajstić information content (AvgIpc) is 2.60. The normalized spacial score (nSPS) is 9.59. The molecule has 1 amide bonds. The summed E-state index contributed by atoms with van der Waals surface area (Å²) < 4.78 is 1.12. The molecule has 0 bridgehead atoms. The van der Waals surface area contributed by atoms with Crippen LogP contribution >= 0.6 is 31.9 Å². The SMILES string of the molecule is CNC(=O)c1cc(Br)ccc1[N+](=O)[O-].O=C(O)c1cc(Br)ccc1[N+](=O)[O-]. The second-order valence-electron chi connectivity index (χ2n) is 4.72. The maximum absolute atomic E-state index is 11.3. The lowest BCUT2D eigenvalue weighted by Crippen LogP contribution is -2.19. The van der Waals surface area contributed by atoms with E-state index >= 15 is 0 Å². The van der Waals surface area contributed by atoms with E-state index in [1.165, 1.54) is 37.4 Å². The molecule has 2 rings (SSSR count). The van der Waals surface area contributed by atoms with E-state index in [1.807, 2.05) is 0 Å². The molecule has 27 heavy (non-hydrogen) atoms. The van der Waals surface area contributed by atoms with Gasteiger partial charge in [0, 0.05) is 28.1 Å². The van der Waals surface area contributed by atoms with Crippen molar-refractivity contribution in [2.75, 3.05) is 7.05 Å². The van der Waals surface area contributed by atoms with Crippen LogP contribution in [0.25, 0.3) is 0 Å². The predicted molar refractivity (Wildman–Crippen MR) is 102 cm³/mol. The van der Waals surface area contributed by atoms with Gasteiger partial charge in [-0.2, -0.15) is 0 Å². The first kappa shape index (κ1) is 22.2. The Bertz CT molecular complexity index is 918. The quantitative estimate of drug-likeness (QED) is 0.474. The molecule has 0 fully saturated rings. The number of halogens is 2. The minimum absolute atomic E-state index is 0.0480. The van der Waals surface area contributed by atoms with Crippen LogP contribution in [0.5, 0.6) is 0 Å². The van der Waals surface area contributed by atoms with Gasteiger partial charge in [0.25, 0.3) is 17.3 Å². The number of carboxylic acid groups (broad SMARTS) is 1. The van der Waals surface area contributed by atoms with Gasteiger partial charge in [0.2, 0.25) is 0 Å². The summed E-state index contributed by atoms with van der Waals surface area (Å²) in [7, 11) is 1.42. The number of hydrogen-bond acceptors (Lipinski definition) is 6. The molecule has 2 N–H and O–H groups in total. The van der Waals surface area contributed by atoms with Gasteiger partial charge in [-0.3, -0.25) is 25.0 Å². The second kappa shape index (κ2) is 9.73. The summed E-state index contributed by atoms with van der Waals surface area (Å²) in [6, 6.07) is 7.98. The van der Waals surface area contributed by atoms with Crippen LogP contribution in [0.2, 0.25) is 0 Å². The van der Waals surface area contributed by atoms with Crippen LogP contribution in [0.3, 0.4) is 0 Å². The van der Waals surface area contributed by atoms with E-state index in [9.17, 15) is 29.8 Å². The highest BCUT2D eigenvalue weighted by molar-refractivity contribution is 9.10. The summed E-state index contributed by atoms with van der Waals surface area (Å²) in [5.41, 5.74) is -0.880. The molecule has 0 saturated carbocycles. The zero-order valence-corrected chi connectivity index (χ0v) is 16.7. The minimum Gasteiger partial charge on any atom is -0.477 e. The number of nitrogens with zero attached hydrogens (tertiary/aromatic N) is 2. The van der Waals surface area contributed by atoms with Crippen molar-refractivity contribution in [1.82, 2.24) is 5.32 Å². The number of nitrogens with one attached hydrogen (secondary N) is 1. The number of carbonyl (C=O) groups excluding carboxylic acids is 1. The minimum atomic E-state index is -1.31. The molecule has 0 radical (unpaired) electrons. The second-order valence-corrected chi connectivity index (χ2v) is 6.55. The van der Waals surface area contributed by atoms with E-state index in [-0.39, 0.29) is 16.8 Å². The first-order chi connectivity index (χ1) is 12.6. The Morgan fingerprint density at radius 3 is 1.70 bits per heavy atom. The number of amides is 1. The Balaban J connectivity index is 0.000000271. The molecule has 142 valence electrons. The molecule has 0 aromatic heterocycles. The van der Waals surface area contributed by atoms with E-state index < -0.39 is 27.4 Å². The first-order valence-corrected chi connectivity index (χ1v) is 8.50. The van der Waals surface area contributed by atoms with E-state index in [1.54, 1.807) is 0 Å². The van der Waals surface area contributed by atoms with Crippen molar-refractivity contribution in [2.24, 2.45) is 0 Å². The number of nitro groups is 2. The van der Waals surface area contributed by atoms with Crippen LogP contribution in [0.1, 0.15) is 20.7 Å². The van der Waals surface area contributed by atoms with Crippen LogP contribution in [0.4, 0.5) is 11.4 Å². The zero-order valence-electron chi connectivity index (χ0n) is 13.5. The lowest BCUT2D eigenvalue weighted by molar-refractivity contribution is -0.385. The van der Waals surface area contributed by atoms with Gasteiger partial charge in [-0.05, 0) is 24.3 Å². The molecular weight excluding hydrogens is 494 g/mol. The molecule has 0 spiro atoms. The van der Waals surface area contributed by atoms with Gasteiger partial charge in [-0.25, -0.2) is 4.79 Å². The smallest absolute Gasteiger partial charge is 0.342 e. The fraction of sp³-hybridized carbons (Fsp3) is 0.0667. The Hall–Kier alpha value is -2.86. The van der Waals surface area contributed by atoms with Crippen molar-refractivity contribution in [3.05, 3.63) is 76.7 Å². The maximum atomic E-state index is 11.3. The van der Waals surface area contributed by atoms with Gasteiger partial charge in [-0.15, -0.1) is 0 Å². The fourth-order valence-corrected chi connectivity index (χ4v) is 2.54. The third-order valence-electron chi connectivity index (χ3n) is 3.01. The number of rotatable bonds is 4. The zero-order chi connectivity index (χ0) is 20.7. The third kappa shape index (κ3) is 6.11. The van der Waals surface area contributed by atoms with Crippen LogP contribution in [0, 0.1) is 20.2 Å². The number of hydrogen-bond donors (Lipinski definition) is 2. The number of carboxylic acids is 1. The van der Waals surface area contributed by atoms with E-state index in [0.717, 1.165) is 6.07 Å². The molecule has 2 aromatic rings. The first-order valence-electron chi connectivity index (χ1n) is 6.91. The Labute approximate surface area is 168 Å². The third-order valence-corrected chi connectivity index (χ3v) is 4.00. The molecule has 10 nitrogen and oxygen atoms in total. The number of aromatic carboxylic acids is 1. The average molecular weight is 505 g/mol. The van der Waals surface area contributed by atoms with Crippen molar-refractivity contribution in [3.63, 3.8) is 0 Å². The molecule has 0 saturated heterocycles. The van der Waals surface area contributed by atoms with Gasteiger partial charge in [0.05, 0.1) is 9.85 Å². The van der Waals surface area contributed by atoms with Crippen LogP contribution in [-0.2, 0) is 0 Å². The molecule has 0 aliphatic rings. The molecule has 0 aliphatic carbocycles. The summed E-state index contributed by atoms with van der Waals surface area (Å²) in [6.07, 6.45) is 0. The van der Waals surface area contributed by atoms with E-state index in [4.69, 9.17) is 5.11 Å². The summed E-state index contributed by atoms with van der Waals surface area (Å²) in [4.78, 5) is 41.4. The Kier molecular flexibility index (Phi) is 7.99. The highest BCUT2D eigenvalue weighted by atomic mass is 79.9. The number of benzene rings is 2. The molecule has 0 unspecified atom stereocenters. The fourth-order valence-electron chi connectivity index (χ4n) is 1.82. The van der Waals surface area contributed by atoms with Gasteiger partial charge in [0.15, 0.2) is 0 Å². The molecule has 2 aromatic carbocycles. The molecule has 0 atom stereocenters. The van der Waals surface area contributed by atoms with Gasteiger partial charge < -0.3 is 10.4 Å². The number of carbonyl (C=O) groups is 2. The summed E-state index contributed by atoms with van der Waals surface area (Å²) in [6.45, 7) is 0. The number of nitro benzene ring substituents is 2.